The Bertz CT molecular complexity index is 77.4. The van der Waals surface area contributed by atoms with E-state index in [0.29, 0.717) is 0 Å². The normalized spacial score (nSPS) is 32.8. The van der Waals surface area contributed by atoms with Crippen LogP contribution in [-0.4, -0.2) is 4.38 Å². The van der Waals surface area contributed by atoms with Gasteiger partial charge in [-0.25, -0.2) is 0 Å². The van der Waals surface area contributed by atoms with Crippen molar-refractivity contribution >= 4 is 22.6 Å². The van der Waals surface area contributed by atoms with Gasteiger partial charge in [0.2, 0.25) is 0 Å². The number of rotatable bonds is 1. The molecule has 0 aliphatic carbocycles. The van der Waals surface area contributed by atoms with Crippen molar-refractivity contribution in [1.82, 2.24) is 0 Å². The summed E-state index contributed by atoms with van der Waals surface area (Å²) in [7, 11) is 0. The summed E-state index contributed by atoms with van der Waals surface area (Å²) >= 11 is 1.48. The first-order valence-electron chi connectivity index (χ1n) is 3.40. The van der Waals surface area contributed by atoms with Crippen LogP contribution in [0.4, 0.5) is 0 Å². The van der Waals surface area contributed by atoms with Crippen LogP contribution in [0.15, 0.2) is 0 Å². The van der Waals surface area contributed by atoms with Crippen molar-refractivity contribution in [3.05, 3.63) is 0 Å². The fourth-order valence-electron chi connectivity index (χ4n) is 0. The predicted octanol–water partition coefficient (Wildman–Crippen LogP) is 1.83. The Morgan fingerprint density at radius 2 is 3.25 bits per heavy atom. The third kappa shape index (κ3) is 2.73. The third-order valence-corrected chi connectivity index (χ3v) is 0.448. The van der Waals surface area contributed by atoms with E-state index in [1.807, 2.05) is 0 Å². The minimum absolute atomic E-state index is 0.388. The molecular formula is C3H7I. The first kappa shape index (κ1) is 0.863. The van der Waals surface area contributed by atoms with E-state index in [9.17, 15) is 0 Å². The molecule has 0 aromatic rings. The Hall–Kier alpha value is 0.730. The largest absolute Gasteiger partial charge is 0.0864 e. The molecule has 0 rings (SSSR count). The second-order valence-electron chi connectivity index (χ2n) is 0.310. The van der Waals surface area contributed by atoms with Gasteiger partial charge in [-0.1, -0.05) is 29.4 Å². The lowest BCUT2D eigenvalue weighted by Crippen LogP contribution is -1.54. The van der Waals surface area contributed by atoms with Crippen LogP contribution in [-0.2, 0) is 0 Å². The zero-order chi connectivity index (χ0) is 7.71. The Kier molecular flexibility index (Phi) is 0.805. The van der Waals surface area contributed by atoms with Gasteiger partial charge in [0.25, 0.3) is 0 Å². The maximum absolute atomic E-state index is 6.88. The van der Waals surface area contributed by atoms with Crippen LogP contribution in [0.5, 0.6) is 0 Å². The number of hydrogen-bond acceptors (Lipinski definition) is 0. The van der Waals surface area contributed by atoms with Crippen molar-refractivity contribution in [2.24, 2.45) is 0 Å². The minimum Gasteiger partial charge on any atom is -0.0864 e. The summed E-state index contributed by atoms with van der Waals surface area (Å²) in [5.41, 5.74) is 0. The highest BCUT2D eigenvalue weighted by Gasteiger charge is 1.58. The highest BCUT2D eigenvalue weighted by atomic mass is 127. The Balaban J connectivity index is 3.75. The molecule has 0 saturated heterocycles. The third-order valence-electron chi connectivity index (χ3n) is 0.0668. The van der Waals surface area contributed by atoms with Crippen LogP contribution >= 0.6 is 22.6 Å². The van der Waals surface area contributed by atoms with Gasteiger partial charge in [0.05, 0.1) is 0 Å². The summed E-state index contributed by atoms with van der Waals surface area (Å²) in [5.74, 6) is 0. The first-order valence-corrected chi connectivity index (χ1v) is 1.97. The summed E-state index contributed by atoms with van der Waals surface area (Å²) in [6.45, 7) is -2.15. The molecule has 26 valence electrons. The van der Waals surface area contributed by atoms with Gasteiger partial charge in [-0.15, -0.1) is 0 Å². The van der Waals surface area contributed by atoms with Crippen LogP contribution in [0.1, 0.15) is 20.1 Å². The van der Waals surface area contributed by atoms with Gasteiger partial charge in [-0.05, 0) is 10.8 Å². The van der Waals surface area contributed by atoms with Crippen molar-refractivity contribution in [3.63, 3.8) is 0 Å². The highest BCUT2D eigenvalue weighted by molar-refractivity contribution is 14.1. The topological polar surface area (TPSA) is 0 Å². The van der Waals surface area contributed by atoms with Gasteiger partial charge in [0.15, 0.2) is 0 Å². The Morgan fingerprint density at radius 1 is 2.50 bits per heavy atom. The second-order valence-corrected chi connectivity index (χ2v) is 1.07. The Morgan fingerprint density at radius 3 is 3.25 bits per heavy atom. The van der Waals surface area contributed by atoms with E-state index in [4.69, 9.17) is 6.85 Å². The lowest BCUT2D eigenvalue weighted by Gasteiger charge is -1.66. The average Bonchev–Trinajstić information content (AvgIpc) is 1.14. The van der Waals surface area contributed by atoms with Crippen molar-refractivity contribution < 1.29 is 6.85 Å². The molecule has 0 atom stereocenters. The molecule has 0 saturated carbocycles. The van der Waals surface area contributed by atoms with E-state index < -0.39 is 11.2 Å². The van der Waals surface area contributed by atoms with Crippen molar-refractivity contribution in [2.75, 3.05) is 4.38 Å². The van der Waals surface area contributed by atoms with Crippen LogP contribution in [0.3, 0.4) is 0 Å². The number of alkyl halides is 1. The number of hydrogen-bond donors (Lipinski definition) is 0. The number of halogens is 1. The van der Waals surface area contributed by atoms with E-state index in [1.54, 1.807) is 0 Å². The summed E-state index contributed by atoms with van der Waals surface area (Å²) in [6.07, 6.45) is -0.388. The van der Waals surface area contributed by atoms with Crippen molar-refractivity contribution in [1.29, 1.82) is 0 Å². The molecule has 0 unspecified atom stereocenters. The predicted molar refractivity (Wildman–Crippen MR) is 29.2 cm³/mol. The summed E-state index contributed by atoms with van der Waals surface area (Å²) in [5, 5.41) is 0. The average molecular weight is 175 g/mol. The van der Waals surface area contributed by atoms with E-state index in [1.165, 1.54) is 22.6 Å². The molecular weight excluding hydrogens is 163 g/mol. The van der Waals surface area contributed by atoms with Gasteiger partial charge in [-0.3, -0.25) is 0 Å². The lowest BCUT2D eigenvalue weighted by atomic mass is 10.6. The minimum atomic E-state index is -2.15. The smallest absolute Gasteiger partial charge is 0.0377 e. The van der Waals surface area contributed by atoms with Gasteiger partial charge in [0.1, 0.15) is 0 Å². The molecule has 0 aromatic heterocycles. The molecule has 0 radical (unpaired) electrons. The molecule has 0 nitrogen and oxygen atoms in total. The second kappa shape index (κ2) is 3.73. The van der Waals surface area contributed by atoms with Crippen molar-refractivity contribution in [2.45, 2.75) is 13.3 Å². The molecule has 0 heterocycles. The molecule has 0 aliphatic rings. The maximum atomic E-state index is 6.88. The van der Waals surface area contributed by atoms with Gasteiger partial charge < -0.3 is 0 Å². The van der Waals surface area contributed by atoms with Gasteiger partial charge in [0, 0.05) is 6.85 Å². The monoisotopic (exact) mass is 175 g/mol. The molecule has 0 aromatic carbocycles. The summed E-state index contributed by atoms with van der Waals surface area (Å²) in [4.78, 5) is 0. The Labute approximate surface area is 47.8 Å². The zero-order valence-corrected chi connectivity index (χ0v) is 4.24. The van der Waals surface area contributed by atoms with Crippen LogP contribution in [0, 0.1) is 0 Å². The van der Waals surface area contributed by atoms with Gasteiger partial charge in [-0.2, -0.15) is 0 Å². The molecule has 1 heteroatoms. The fourth-order valence-corrected chi connectivity index (χ4v) is 0. The zero-order valence-electron chi connectivity index (χ0n) is 7.09. The molecule has 0 bridgehead atoms. The fraction of sp³-hybridized carbons (Fsp3) is 1.00. The van der Waals surface area contributed by atoms with Crippen LogP contribution in [0.25, 0.3) is 0 Å². The van der Waals surface area contributed by atoms with E-state index in [0.717, 1.165) is 0 Å². The molecule has 0 spiro atoms. The molecule has 0 fully saturated rings. The first-order chi connectivity index (χ1) is 3.71. The SMILES string of the molecule is [2H]C([2H])([2H])CC([2H])([2H])I. The highest BCUT2D eigenvalue weighted by Crippen LogP contribution is 1.81. The molecule has 0 aliphatic heterocycles. The molecule has 4 heavy (non-hydrogen) atoms. The van der Waals surface area contributed by atoms with Crippen molar-refractivity contribution in [3.8, 4) is 0 Å². The van der Waals surface area contributed by atoms with Crippen LogP contribution in [0.2, 0.25) is 0 Å². The summed E-state index contributed by atoms with van der Waals surface area (Å²) < 4.78 is 32.2. The summed E-state index contributed by atoms with van der Waals surface area (Å²) in [6, 6.07) is 0. The maximum Gasteiger partial charge on any atom is 0.0377 e. The molecule has 0 amide bonds. The quantitative estimate of drug-likeness (QED) is 0.421. The van der Waals surface area contributed by atoms with E-state index >= 15 is 0 Å². The van der Waals surface area contributed by atoms with E-state index in [2.05, 4.69) is 0 Å². The van der Waals surface area contributed by atoms with E-state index in [-0.39, 0.29) is 6.42 Å². The molecule has 0 N–H and O–H groups in total. The van der Waals surface area contributed by atoms with Crippen LogP contribution < -0.4 is 0 Å². The lowest BCUT2D eigenvalue weighted by molar-refractivity contribution is 1.13. The standard InChI is InChI=1S/C3H7I/c1-2-3-4/h2-3H2,1H3/i1D3,3D2. The van der Waals surface area contributed by atoms with Gasteiger partial charge >= 0.3 is 0 Å².